The van der Waals surface area contributed by atoms with Crippen LogP contribution in [0.25, 0.3) is 0 Å². The smallest absolute Gasteiger partial charge is 0.417 e. The number of rotatable bonds is 6. The summed E-state index contributed by atoms with van der Waals surface area (Å²) in [6.45, 7) is 8.53. The molecule has 0 radical (unpaired) electrons. The lowest BCUT2D eigenvalue weighted by Crippen LogP contribution is -2.55. The van der Waals surface area contributed by atoms with Crippen LogP contribution in [-0.4, -0.2) is 35.2 Å². The van der Waals surface area contributed by atoms with Crippen molar-refractivity contribution in [3.63, 3.8) is 0 Å². The van der Waals surface area contributed by atoms with Gasteiger partial charge in [0.15, 0.2) is 5.60 Å². The van der Waals surface area contributed by atoms with E-state index in [1.54, 1.807) is 6.92 Å². The Labute approximate surface area is 218 Å². The molecule has 0 spiro atoms. The Balaban J connectivity index is 1.39. The van der Waals surface area contributed by atoms with Crippen LogP contribution in [0.3, 0.4) is 0 Å². The molecule has 3 aromatic rings. The Morgan fingerprint density at radius 3 is 2.30 bits per heavy atom. The fourth-order valence-electron chi connectivity index (χ4n) is 5.33. The average molecular weight is 500 g/mol. The molecule has 1 fully saturated rings. The van der Waals surface area contributed by atoms with Crippen LogP contribution < -0.4 is 9.47 Å². The van der Waals surface area contributed by atoms with Gasteiger partial charge in [-0.25, -0.2) is 9.69 Å². The second-order valence-corrected chi connectivity index (χ2v) is 10.2. The molecule has 6 heteroatoms. The van der Waals surface area contributed by atoms with Crippen LogP contribution in [0.2, 0.25) is 0 Å². The number of cyclic esters (lactones) is 1. The number of carbonyl (C=O) groups excluding carboxylic acids is 2. The molecule has 2 aliphatic rings. The summed E-state index contributed by atoms with van der Waals surface area (Å²) >= 11 is 0. The highest BCUT2D eigenvalue weighted by molar-refractivity contribution is 5.98. The first-order valence-corrected chi connectivity index (χ1v) is 12.8. The van der Waals surface area contributed by atoms with Crippen molar-refractivity contribution >= 4 is 12.0 Å². The molecule has 0 aromatic heterocycles. The van der Waals surface area contributed by atoms with E-state index in [0.29, 0.717) is 25.9 Å². The van der Waals surface area contributed by atoms with E-state index in [0.717, 1.165) is 44.9 Å². The first-order chi connectivity index (χ1) is 17.8. The highest BCUT2D eigenvalue weighted by Gasteiger charge is 2.49. The molecule has 5 rings (SSSR count). The van der Waals surface area contributed by atoms with Gasteiger partial charge in [0, 0.05) is 12.0 Å². The van der Waals surface area contributed by atoms with Crippen molar-refractivity contribution in [3.05, 3.63) is 94.0 Å². The predicted octanol–water partition coefficient (Wildman–Crippen LogP) is 5.86. The molecule has 3 aromatic carbocycles. The SMILES string of the molecule is Cc1c(C)c2c(c(C)c1OCc1ccccc1)CC[C@@](C)(C(=O)N1C(=O)OC[C@@H]1Cc1ccccc1)O2. The lowest BCUT2D eigenvalue weighted by atomic mass is 9.86. The van der Waals surface area contributed by atoms with Gasteiger partial charge in [-0.05, 0) is 68.4 Å². The van der Waals surface area contributed by atoms with Crippen LogP contribution in [0.1, 0.15) is 46.7 Å². The van der Waals surface area contributed by atoms with Gasteiger partial charge in [-0.2, -0.15) is 0 Å². The largest absolute Gasteiger partial charge is 0.488 e. The van der Waals surface area contributed by atoms with Crippen molar-refractivity contribution in [1.82, 2.24) is 4.90 Å². The molecule has 0 aliphatic carbocycles. The minimum atomic E-state index is -1.17. The van der Waals surface area contributed by atoms with Crippen LogP contribution in [0.5, 0.6) is 11.5 Å². The number of hydrogen-bond acceptors (Lipinski definition) is 5. The number of carbonyl (C=O) groups is 2. The summed E-state index contributed by atoms with van der Waals surface area (Å²) in [5, 5.41) is 0. The summed E-state index contributed by atoms with van der Waals surface area (Å²) in [6.07, 6.45) is 1.06. The van der Waals surface area contributed by atoms with Gasteiger partial charge in [0.05, 0.1) is 6.04 Å². The number of imide groups is 1. The molecule has 6 nitrogen and oxygen atoms in total. The predicted molar refractivity (Wildman–Crippen MR) is 141 cm³/mol. The molecular formula is C31H33NO5. The van der Waals surface area contributed by atoms with E-state index in [4.69, 9.17) is 14.2 Å². The fourth-order valence-corrected chi connectivity index (χ4v) is 5.33. The second-order valence-electron chi connectivity index (χ2n) is 10.2. The van der Waals surface area contributed by atoms with E-state index in [9.17, 15) is 9.59 Å². The molecule has 2 amide bonds. The first-order valence-electron chi connectivity index (χ1n) is 12.8. The van der Waals surface area contributed by atoms with E-state index in [-0.39, 0.29) is 18.6 Å². The minimum absolute atomic E-state index is 0.186. The lowest BCUT2D eigenvalue weighted by Gasteiger charge is -2.39. The number of hydrogen-bond donors (Lipinski definition) is 0. The van der Waals surface area contributed by atoms with Gasteiger partial charge in [0.2, 0.25) is 0 Å². The summed E-state index contributed by atoms with van der Waals surface area (Å²) in [4.78, 5) is 27.8. The van der Waals surface area contributed by atoms with Crippen LogP contribution in [0.4, 0.5) is 4.79 Å². The lowest BCUT2D eigenvalue weighted by molar-refractivity contribution is -0.146. The highest BCUT2D eigenvalue weighted by Crippen LogP contribution is 2.44. The van der Waals surface area contributed by atoms with Gasteiger partial charge in [0.1, 0.15) is 24.7 Å². The number of ether oxygens (including phenoxy) is 3. The van der Waals surface area contributed by atoms with E-state index >= 15 is 0 Å². The maximum Gasteiger partial charge on any atom is 0.417 e. The van der Waals surface area contributed by atoms with E-state index in [1.807, 2.05) is 81.4 Å². The average Bonchev–Trinajstić information content (AvgIpc) is 3.27. The van der Waals surface area contributed by atoms with Gasteiger partial charge < -0.3 is 14.2 Å². The number of nitrogens with zero attached hydrogens (tertiary/aromatic N) is 1. The molecule has 0 bridgehead atoms. The third-order valence-electron chi connectivity index (χ3n) is 7.66. The second kappa shape index (κ2) is 9.92. The van der Waals surface area contributed by atoms with Gasteiger partial charge in [-0.15, -0.1) is 0 Å². The summed E-state index contributed by atoms with van der Waals surface area (Å²) in [5.41, 5.74) is 5.02. The van der Waals surface area contributed by atoms with Gasteiger partial charge in [-0.3, -0.25) is 4.79 Å². The van der Waals surface area contributed by atoms with Crippen molar-refractivity contribution in [2.45, 2.75) is 65.2 Å². The maximum absolute atomic E-state index is 13.8. The van der Waals surface area contributed by atoms with Crippen LogP contribution >= 0.6 is 0 Å². The van der Waals surface area contributed by atoms with Crippen molar-refractivity contribution in [2.75, 3.05) is 6.61 Å². The Morgan fingerprint density at radius 2 is 1.62 bits per heavy atom. The first kappa shape index (κ1) is 24.9. The zero-order valence-corrected chi connectivity index (χ0v) is 21.9. The van der Waals surface area contributed by atoms with Crippen LogP contribution in [-0.2, 0) is 29.0 Å². The van der Waals surface area contributed by atoms with Crippen LogP contribution in [0.15, 0.2) is 60.7 Å². The third-order valence-corrected chi connectivity index (χ3v) is 7.66. The van der Waals surface area contributed by atoms with Gasteiger partial charge in [0.25, 0.3) is 5.91 Å². The highest BCUT2D eigenvalue weighted by atomic mass is 16.6. The molecule has 2 atom stereocenters. The zero-order valence-electron chi connectivity index (χ0n) is 21.9. The minimum Gasteiger partial charge on any atom is -0.488 e. The fraction of sp³-hybridized carbons (Fsp3) is 0.355. The summed E-state index contributed by atoms with van der Waals surface area (Å²) in [7, 11) is 0. The summed E-state index contributed by atoms with van der Waals surface area (Å²) in [6, 6.07) is 19.6. The molecule has 2 heterocycles. The maximum atomic E-state index is 13.8. The number of amides is 2. The van der Waals surface area contributed by atoms with Crippen molar-refractivity contribution in [3.8, 4) is 11.5 Å². The topological polar surface area (TPSA) is 65.1 Å². The number of benzene rings is 3. The Kier molecular flexibility index (Phi) is 6.67. The normalized spacial score (nSPS) is 20.7. The molecule has 0 saturated carbocycles. The van der Waals surface area contributed by atoms with Crippen molar-refractivity contribution < 1.29 is 23.8 Å². The summed E-state index contributed by atoms with van der Waals surface area (Å²) in [5.74, 6) is 1.24. The number of fused-ring (bicyclic) bond motifs is 1. The third kappa shape index (κ3) is 4.68. The van der Waals surface area contributed by atoms with Gasteiger partial charge >= 0.3 is 6.09 Å². The summed E-state index contributed by atoms with van der Waals surface area (Å²) < 4.78 is 18.1. The molecule has 192 valence electrons. The van der Waals surface area contributed by atoms with E-state index in [1.165, 1.54) is 4.90 Å². The molecule has 37 heavy (non-hydrogen) atoms. The van der Waals surface area contributed by atoms with Crippen molar-refractivity contribution in [1.29, 1.82) is 0 Å². The Hall–Kier alpha value is -3.80. The van der Waals surface area contributed by atoms with E-state index < -0.39 is 11.7 Å². The van der Waals surface area contributed by atoms with Gasteiger partial charge in [-0.1, -0.05) is 60.7 Å². The Morgan fingerprint density at radius 1 is 0.973 bits per heavy atom. The molecule has 0 unspecified atom stereocenters. The van der Waals surface area contributed by atoms with Crippen LogP contribution in [0, 0.1) is 20.8 Å². The zero-order chi connectivity index (χ0) is 26.2. The molecule has 2 aliphatic heterocycles. The van der Waals surface area contributed by atoms with E-state index in [2.05, 4.69) is 0 Å². The Bertz CT molecular complexity index is 1320. The monoisotopic (exact) mass is 499 g/mol. The molecule has 0 N–H and O–H groups in total. The standard InChI is InChI=1S/C31H33NO5/c1-20-21(2)28-26(22(3)27(20)35-18-24-13-9-6-10-14-24)15-16-31(4,37-28)29(33)32-25(19-36-30(32)34)17-23-11-7-5-8-12-23/h5-14,25H,15-19H2,1-4H3/t25-,31-/m0/s1. The van der Waals surface area contributed by atoms with Crippen molar-refractivity contribution in [2.24, 2.45) is 0 Å². The molecular weight excluding hydrogens is 466 g/mol. The quantitative estimate of drug-likeness (QED) is 0.425. The molecule has 1 saturated heterocycles.